The highest BCUT2D eigenvalue weighted by molar-refractivity contribution is 5.95. The number of hydrogen-bond acceptors (Lipinski definition) is 5. The average molecular weight is 412 g/mol. The van der Waals surface area contributed by atoms with Crippen molar-refractivity contribution in [2.75, 3.05) is 27.9 Å². The molecule has 3 aromatic rings. The van der Waals surface area contributed by atoms with Gasteiger partial charge in [-0.2, -0.15) is 0 Å². The molecule has 7 nitrogen and oxygen atoms in total. The van der Waals surface area contributed by atoms with Gasteiger partial charge in [0.05, 0.1) is 32.4 Å². The number of nitrogens with zero attached hydrogens (tertiary/aromatic N) is 2. The van der Waals surface area contributed by atoms with Gasteiger partial charge in [-0.05, 0) is 30.2 Å². The first-order valence-corrected chi connectivity index (χ1v) is 10.0. The molecule has 1 heterocycles. The third-order valence-electron chi connectivity index (χ3n) is 4.84. The van der Waals surface area contributed by atoms with E-state index in [1.54, 1.807) is 12.1 Å². The average Bonchev–Trinajstić information content (AvgIpc) is 3.09. The van der Waals surface area contributed by atoms with Gasteiger partial charge in [-0.15, -0.1) is 0 Å². The predicted octanol–water partition coefficient (Wildman–Crippen LogP) is 3.69. The van der Waals surface area contributed by atoms with Crippen molar-refractivity contribution in [3.63, 3.8) is 0 Å². The quantitative estimate of drug-likeness (QED) is 0.581. The molecule has 0 saturated heterocycles. The summed E-state index contributed by atoms with van der Waals surface area (Å²) < 4.78 is 18.2. The van der Waals surface area contributed by atoms with Crippen LogP contribution in [0.15, 0.2) is 36.4 Å². The number of carbonyl (C=O) groups excluding carboxylic acids is 1. The molecule has 1 amide bonds. The topological polar surface area (TPSA) is 74.6 Å². The summed E-state index contributed by atoms with van der Waals surface area (Å²) in [6, 6.07) is 11.4. The van der Waals surface area contributed by atoms with E-state index in [4.69, 9.17) is 19.2 Å². The Morgan fingerprint density at radius 1 is 1.07 bits per heavy atom. The normalized spacial score (nSPS) is 11.0. The number of nitrogens with one attached hydrogen (secondary N) is 1. The highest BCUT2D eigenvalue weighted by atomic mass is 16.5. The molecule has 160 valence electrons. The number of amides is 1. The highest BCUT2D eigenvalue weighted by Crippen LogP contribution is 2.38. The van der Waals surface area contributed by atoms with E-state index in [0.717, 1.165) is 23.4 Å². The molecule has 0 fully saturated rings. The van der Waals surface area contributed by atoms with Gasteiger partial charge in [-0.1, -0.05) is 26.0 Å². The lowest BCUT2D eigenvalue weighted by Gasteiger charge is -2.14. The van der Waals surface area contributed by atoms with Crippen molar-refractivity contribution >= 4 is 16.9 Å². The van der Waals surface area contributed by atoms with Gasteiger partial charge in [0.15, 0.2) is 11.5 Å². The number of carbonyl (C=O) groups is 1. The summed E-state index contributed by atoms with van der Waals surface area (Å²) in [5, 5.41) is 2.97. The first-order chi connectivity index (χ1) is 14.5. The van der Waals surface area contributed by atoms with E-state index < -0.39 is 0 Å². The molecule has 0 atom stereocenters. The third kappa shape index (κ3) is 4.50. The molecule has 0 spiro atoms. The van der Waals surface area contributed by atoms with Crippen LogP contribution in [-0.4, -0.2) is 43.3 Å². The lowest BCUT2D eigenvalue weighted by atomic mass is 10.1. The minimum Gasteiger partial charge on any atom is -0.493 e. The molecule has 3 rings (SSSR count). The van der Waals surface area contributed by atoms with E-state index in [1.807, 2.05) is 18.2 Å². The van der Waals surface area contributed by atoms with E-state index in [9.17, 15) is 4.79 Å². The van der Waals surface area contributed by atoms with Gasteiger partial charge in [0, 0.05) is 25.1 Å². The van der Waals surface area contributed by atoms with Crippen molar-refractivity contribution in [2.24, 2.45) is 5.92 Å². The summed E-state index contributed by atoms with van der Waals surface area (Å²) in [6.07, 6.45) is 0.636. The standard InChI is InChI=1S/C23H29N3O4/c1-15(2)14-26-18-9-7-6-8-17(18)25-21(26)10-11-24-23(27)16-12-19(28-3)22(30-5)20(13-16)29-4/h6-9,12-13,15H,10-11,14H2,1-5H3,(H,24,27). The maximum Gasteiger partial charge on any atom is 0.251 e. The zero-order chi connectivity index (χ0) is 21.7. The van der Waals surface area contributed by atoms with Crippen LogP contribution in [0.1, 0.15) is 30.0 Å². The Balaban J connectivity index is 1.75. The van der Waals surface area contributed by atoms with Gasteiger partial charge in [0.25, 0.3) is 5.91 Å². The summed E-state index contributed by atoms with van der Waals surface area (Å²) >= 11 is 0. The van der Waals surface area contributed by atoms with Crippen LogP contribution < -0.4 is 19.5 Å². The minimum atomic E-state index is -0.208. The molecule has 7 heteroatoms. The smallest absolute Gasteiger partial charge is 0.251 e. The fraction of sp³-hybridized carbons (Fsp3) is 0.391. The van der Waals surface area contributed by atoms with E-state index in [0.29, 0.717) is 41.7 Å². The number of fused-ring (bicyclic) bond motifs is 1. The zero-order valence-electron chi connectivity index (χ0n) is 18.2. The summed E-state index contributed by atoms with van der Waals surface area (Å²) in [5.74, 6) is 2.60. The van der Waals surface area contributed by atoms with Crippen molar-refractivity contribution in [2.45, 2.75) is 26.8 Å². The molecule has 2 aromatic carbocycles. The Hall–Kier alpha value is -3.22. The monoisotopic (exact) mass is 411 g/mol. The summed E-state index contributed by atoms with van der Waals surface area (Å²) in [4.78, 5) is 17.5. The maximum absolute atomic E-state index is 12.7. The number of imidazole rings is 1. The van der Waals surface area contributed by atoms with E-state index in [-0.39, 0.29) is 5.91 Å². The Morgan fingerprint density at radius 3 is 2.33 bits per heavy atom. The maximum atomic E-state index is 12.7. The van der Waals surface area contributed by atoms with E-state index >= 15 is 0 Å². The largest absolute Gasteiger partial charge is 0.493 e. The van der Waals surface area contributed by atoms with Crippen molar-refractivity contribution in [3.8, 4) is 17.2 Å². The fourth-order valence-electron chi connectivity index (χ4n) is 3.49. The Kier molecular flexibility index (Phi) is 6.82. The van der Waals surface area contributed by atoms with Crippen LogP contribution in [0.3, 0.4) is 0 Å². The van der Waals surface area contributed by atoms with Crippen molar-refractivity contribution < 1.29 is 19.0 Å². The zero-order valence-corrected chi connectivity index (χ0v) is 18.2. The van der Waals surface area contributed by atoms with Gasteiger partial charge < -0.3 is 24.1 Å². The first kappa shape index (κ1) is 21.5. The first-order valence-electron chi connectivity index (χ1n) is 10.0. The van der Waals surface area contributed by atoms with Crippen LogP contribution in [0.25, 0.3) is 11.0 Å². The summed E-state index contributed by atoms with van der Waals surface area (Å²) in [6.45, 7) is 5.73. The molecule has 0 unspecified atom stereocenters. The van der Waals surface area contributed by atoms with Crippen LogP contribution in [-0.2, 0) is 13.0 Å². The Bertz CT molecular complexity index is 1000. The molecule has 0 aliphatic carbocycles. The Labute approximate surface area is 177 Å². The lowest BCUT2D eigenvalue weighted by molar-refractivity contribution is 0.0953. The SMILES string of the molecule is COc1cc(C(=O)NCCc2nc3ccccc3n2CC(C)C)cc(OC)c1OC. The number of aromatic nitrogens is 2. The van der Waals surface area contributed by atoms with Crippen LogP contribution >= 0.6 is 0 Å². The Morgan fingerprint density at radius 2 is 1.73 bits per heavy atom. The molecule has 1 N–H and O–H groups in total. The lowest BCUT2D eigenvalue weighted by Crippen LogP contribution is -2.26. The van der Waals surface area contributed by atoms with Crippen molar-refractivity contribution in [1.29, 1.82) is 0 Å². The van der Waals surface area contributed by atoms with Gasteiger partial charge in [-0.25, -0.2) is 4.98 Å². The second kappa shape index (κ2) is 9.52. The second-order valence-corrected chi connectivity index (χ2v) is 7.44. The summed E-state index contributed by atoms with van der Waals surface area (Å²) in [5.41, 5.74) is 2.54. The number of para-hydroxylation sites is 2. The molecule has 30 heavy (non-hydrogen) atoms. The molecular formula is C23H29N3O4. The van der Waals surface area contributed by atoms with Crippen LogP contribution in [0, 0.1) is 5.92 Å². The third-order valence-corrected chi connectivity index (χ3v) is 4.84. The number of hydrogen-bond donors (Lipinski definition) is 1. The van der Waals surface area contributed by atoms with Gasteiger partial charge in [-0.3, -0.25) is 4.79 Å². The summed E-state index contributed by atoms with van der Waals surface area (Å²) in [7, 11) is 4.58. The molecule has 0 aliphatic heterocycles. The molecular weight excluding hydrogens is 382 g/mol. The highest BCUT2D eigenvalue weighted by Gasteiger charge is 2.17. The number of ether oxygens (including phenoxy) is 3. The number of rotatable bonds is 9. The van der Waals surface area contributed by atoms with Gasteiger partial charge in [0.2, 0.25) is 5.75 Å². The van der Waals surface area contributed by atoms with Crippen molar-refractivity contribution in [3.05, 3.63) is 47.8 Å². The molecule has 0 saturated carbocycles. The van der Waals surface area contributed by atoms with Gasteiger partial charge >= 0.3 is 0 Å². The number of benzene rings is 2. The van der Waals surface area contributed by atoms with E-state index in [2.05, 4.69) is 29.8 Å². The van der Waals surface area contributed by atoms with Crippen LogP contribution in [0.4, 0.5) is 0 Å². The molecule has 1 aromatic heterocycles. The molecule has 0 radical (unpaired) electrons. The van der Waals surface area contributed by atoms with Gasteiger partial charge in [0.1, 0.15) is 5.82 Å². The fourth-order valence-corrected chi connectivity index (χ4v) is 3.49. The predicted molar refractivity (Wildman–Crippen MR) is 117 cm³/mol. The van der Waals surface area contributed by atoms with E-state index in [1.165, 1.54) is 21.3 Å². The number of methoxy groups -OCH3 is 3. The van der Waals surface area contributed by atoms with Crippen LogP contribution in [0.5, 0.6) is 17.2 Å². The molecule has 0 bridgehead atoms. The molecule has 0 aliphatic rings. The van der Waals surface area contributed by atoms with Crippen molar-refractivity contribution in [1.82, 2.24) is 14.9 Å². The minimum absolute atomic E-state index is 0.208. The van der Waals surface area contributed by atoms with Crippen LogP contribution in [0.2, 0.25) is 0 Å². The second-order valence-electron chi connectivity index (χ2n) is 7.44.